The maximum atomic E-state index is 9.18. The molecule has 0 bridgehead atoms. The topological polar surface area (TPSA) is 49.5 Å². The maximum Gasteiger partial charge on any atom is 0.0632 e. The summed E-state index contributed by atoms with van der Waals surface area (Å²) in [6, 6.07) is 8.28. The highest BCUT2D eigenvalue weighted by atomic mass is 16.3. The van der Waals surface area contributed by atoms with Gasteiger partial charge in [-0.3, -0.25) is 0 Å². The number of anilines is 1. The number of benzene rings is 1. The Bertz CT molecular complexity index is 327. The summed E-state index contributed by atoms with van der Waals surface area (Å²) < 4.78 is 0. The van der Waals surface area contributed by atoms with Crippen LogP contribution in [0.3, 0.4) is 0 Å². The zero-order valence-corrected chi connectivity index (χ0v) is 10.4. The van der Waals surface area contributed by atoms with Gasteiger partial charge in [-0.15, -0.1) is 0 Å². The summed E-state index contributed by atoms with van der Waals surface area (Å²) in [5.74, 6) is 0. The molecule has 1 aromatic rings. The second kappa shape index (κ2) is 5.87. The van der Waals surface area contributed by atoms with Gasteiger partial charge >= 0.3 is 0 Å². The zero-order chi connectivity index (χ0) is 12.1. The van der Waals surface area contributed by atoms with Crippen LogP contribution < -0.4 is 10.6 Å². The number of nitrogens with two attached hydrogens (primary N) is 1. The predicted molar refractivity (Wildman–Crippen MR) is 68.6 cm³/mol. The maximum absolute atomic E-state index is 9.18. The van der Waals surface area contributed by atoms with E-state index in [1.54, 1.807) is 0 Å². The molecule has 0 aliphatic heterocycles. The van der Waals surface area contributed by atoms with Crippen molar-refractivity contribution in [1.82, 2.24) is 0 Å². The van der Waals surface area contributed by atoms with Gasteiger partial charge in [0.1, 0.15) is 0 Å². The first-order valence-corrected chi connectivity index (χ1v) is 5.80. The molecular formula is C13H22N2O. The van der Waals surface area contributed by atoms with Gasteiger partial charge in [0.2, 0.25) is 0 Å². The Hall–Kier alpha value is -1.06. The Morgan fingerprint density at radius 1 is 1.38 bits per heavy atom. The lowest BCUT2D eigenvalue weighted by Crippen LogP contribution is -2.33. The molecule has 0 heterocycles. The first kappa shape index (κ1) is 13.0. The van der Waals surface area contributed by atoms with Crippen LogP contribution in [0.15, 0.2) is 24.3 Å². The summed E-state index contributed by atoms with van der Waals surface area (Å²) in [7, 11) is 1.99. The van der Waals surface area contributed by atoms with Gasteiger partial charge < -0.3 is 15.7 Å². The second-order valence-corrected chi connectivity index (χ2v) is 4.22. The van der Waals surface area contributed by atoms with Gasteiger partial charge in [0.15, 0.2) is 0 Å². The van der Waals surface area contributed by atoms with Gasteiger partial charge in [0.05, 0.1) is 6.61 Å². The van der Waals surface area contributed by atoms with Crippen molar-refractivity contribution < 1.29 is 5.11 Å². The van der Waals surface area contributed by atoms with Crippen molar-refractivity contribution in [2.24, 2.45) is 5.73 Å². The second-order valence-electron chi connectivity index (χ2n) is 4.22. The molecule has 1 rings (SSSR count). The first-order valence-electron chi connectivity index (χ1n) is 5.80. The number of aliphatic hydroxyl groups excluding tert-OH is 1. The number of hydrogen-bond donors (Lipinski definition) is 2. The van der Waals surface area contributed by atoms with Crippen LogP contribution in [0.25, 0.3) is 0 Å². The van der Waals surface area contributed by atoms with Crippen LogP contribution in [0.5, 0.6) is 0 Å². The highest BCUT2D eigenvalue weighted by Crippen LogP contribution is 2.26. The minimum atomic E-state index is 0.0598. The van der Waals surface area contributed by atoms with E-state index in [1.165, 1.54) is 0 Å². The Morgan fingerprint density at radius 2 is 2.00 bits per heavy atom. The standard InChI is InChI=1S/C13H22N2O/c1-4-12(14)11-7-5-6-8-13(11)15(3)10(2)9-16/h5-8,10,12,16H,4,9,14H2,1-3H3/t10?,12-/m1/s1. The van der Waals surface area contributed by atoms with Crippen LogP contribution in [-0.2, 0) is 0 Å². The zero-order valence-electron chi connectivity index (χ0n) is 10.4. The van der Waals surface area contributed by atoms with Gasteiger partial charge in [0.25, 0.3) is 0 Å². The molecule has 3 heteroatoms. The minimum Gasteiger partial charge on any atom is -0.394 e. The SMILES string of the molecule is CC[C@@H](N)c1ccccc1N(C)C(C)CO. The van der Waals surface area contributed by atoms with Gasteiger partial charge in [-0.1, -0.05) is 25.1 Å². The average Bonchev–Trinajstić information content (AvgIpc) is 2.35. The van der Waals surface area contributed by atoms with Crippen LogP contribution in [0.2, 0.25) is 0 Å². The number of hydrogen-bond acceptors (Lipinski definition) is 3. The fourth-order valence-electron chi connectivity index (χ4n) is 1.70. The average molecular weight is 222 g/mol. The van der Waals surface area contributed by atoms with Gasteiger partial charge in [-0.25, -0.2) is 0 Å². The lowest BCUT2D eigenvalue weighted by Gasteiger charge is -2.29. The largest absolute Gasteiger partial charge is 0.394 e. The fraction of sp³-hybridized carbons (Fsp3) is 0.538. The molecule has 0 spiro atoms. The van der Waals surface area contributed by atoms with Gasteiger partial charge in [0, 0.05) is 24.8 Å². The lowest BCUT2D eigenvalue weighted by atomic mass is 10.0. The van der Waals surface area contributed by atoms with Crippen molar-refractivity contribution in [3.05, 3.63) is 29.8 Å². The van der Waals surface area contributed by atoms with Crippen molar-refractivity contribution in [2.75, 3.05) is 18.6 Å². The molecule has 0 saturated heterocycles. The summed E-state index contributed by atoms with van der Waals surface area (Å²) in [6.45, 7) is 4.22. The monoisotopic (exact) mass is 222 g/mol. The molecule has 0 amide bonds. The smallest absolute Gasteiger partial charge is 0.0632 e. The minimum absolute atomic E-state index is 0.0598. The molecule has 0 radical (unpaired) electrons. The predicted octanol–water partition coefficient (Wildman–Crippen LogP) is 1.91. The Labute approximate surface area is 97.9 Å². The van der Waals surface area contributed by atoms with Crippen LogP contribution in [0.4, 0.5) is 5.69 Å². The molecule has 0 saturated carbocycles. The molecule has 3 N–H and O–H groups in total. The van der Waals surface area contributed by atoms with E-state index in [1.807, 2.05) is 26.1 Å². The number of para-hydroxylation sites is 1. The molecule has 0 aliphatic carbocycles. The van der Waals surface area contributed by atoms with Crippen molar-refractivity contribution in [2.45, 2.75) is 32.4 Å². The van der Waals surface area contributed by atoms with Gasteiger partial charge in [-0.05, 0) is 25.0 Å². The normalized spacial score (nSPS) is 14.6. The van der Waals surface area contributed by atoms with Crippen molar-refractivity contribution >= 4 is 5.69 Å². The molecule has 1 aromatic carbocycles. The van der Waals surface area contributed by atoms with Crippen molar-refractivity contribution in [3.63, 3.8) is 0 Å². The Morgan fingerprint density at radius 3 is 2.56 bits per heavy atom. The van der Waals surface area contributed by atoms with Crippen LogP contribution in [0.1, 0.15) is 31.9 Å². The number of likely N-dealkylation sites (N-methyl/N-ethyl adjacent to an activating group) is 1. The van der Waals surface area contributed by atoms with E-state index in [-0.39, 0.29) is 18.7 Å². The van der Waals surface area contributed by atoms with E-state index in [2.05, 4.69) is 24.0 Å². The fourth-order valence-corrected chi connectivity index (χ4v) is 1.70. The van der Waals surface area contributed by atoms with E-state index in [4.69, 9.17) is 5.73 Å². The Balaban J connectivity index is 3.03. The highest BCUT2D eigenvalue weighted by Gasteiger charge is 2.15. The summed E-state index contributed by atoms with van der Waals surface area (Å²) in [5.41, 5.74) is 8.34. The molecule has 16 heavy (non-hydrogen) atoms. The number of rotatable bonds is 5. The molecule has 0 fully saturated rings. The third kappa shape index (κ3) is 2.74. The molecule has 3 nitrogen and oxygen atoms in total. The van der Waals surface area contributed by atoms with Crippen molar-refractivity contribution in [1.29, 1.82) is 0 Å². The summed E-state index contributed by atoms with van der Waals surface area (Å²) in [5, 5.41) is 9.18. The van der Waals surface area contributed by atoms with E-state index in [0.717, 1.165) is 17.7 Å². The molecule has 0 aromatic heterocycles. The molecule has 1 unspecified atom stereocenters. The lowest BCUT2D eigenvalue weighted by molar-refractivity contribution is 0.270. The summed E-state index contributed by atoms with van der Waals surface area (Å²) in [6.07, 6.45) is 0.915. The van der Waals surface area contributed by atoms with Crippen LogP contribution in [-0.4, -0.2) is 24.8 Å². The van der Waals surface area contributed by atoms with Crippen molar-refractivity contribution in [3.8, 4) is 0 Å². The molecule has 2 atom stereocenters. The first-order chi connectivity index (χ1) is 7.61. The highest BCUT2D eigenvalue weighted by molar-refractivity contribution is 5.55. The van der Waals surface area contributed by atoms with E-state index in [0.29, 0.717) is 0 Å². The summed E-state index contributed by atoms with van der Waals surface area (Å²) in [4.78, 5) is 2.07. The molecule has 0 aliphatic rings. The molecular weight excluding hydrogens is 200 g/mol. The number of aliphatic hydroxyl groups is 1. The number of nitrogens with zero attached hydrogens (tertiary/aromatic N) is 1. The van der Waals surface area contributed by atoms with E-state index >= 15 is 0 Å². The van der Waals surface area contributed by atoms with E-state index < -0.39 is 0 Å². The summed E-state index contributed by atoms with van der Waals surface area (Å²) >= 11 is 0. The quantitative estimate of drug-likeness (QED) is 0.800. The third-order valence-electron chi connectivity index (χ3n) is 3.08. The molecule has 90 valence electrons. The van der Waals surface area contributed by atoms with Crippen LogP contribution in [0, 0.1) is 0 Å². The van der Waals surface area contributed by atoms with E-state index in [9.17, 15) is 5.11 Å². The Kier molecular flexibility index (Phi) is 4.77. The van der Waals surface area contributed by atoms with Gasteiger partial charge in [-0.2, -0.15) is 0 Å². The van der Waals surface area contributed by atoms with Crippen LogP contribution >= 0.6 is 0 Å². The third-order valence-corrected chi connectivity index (χ3v) is 3.08.